The van der Waals surface area contributed by atoms with Crippen LogP contribution in [0.5, 0.6) is 17.4 Å². The van der Waals surface area contributed by atoms with E-state index in [0.29, 0.717) is 24.1 Å². The molecule has 0 saturated heterocycles. The van der Waals surface area contributed by atoms with Gasteiger partial charge in [-0.25, -0.2) is 9.97 Å². The van der Waals surface area contributed by atoms with E-state index in [0.717, 1.165) is 38.5 Å². The van der Waals surface area contributed by atoms with E-state index >= 15 is 0 Å². The number of anilines is 1. The number of aromatic nitrogens is 4. The second-order valence-corrected chi connectivity index (χ2v) is 9.32. The van der Waals surface area contributed by atoms with Crippen LogP contribution in [0.4, 0.5) is 5.82 Å². The molecule has 3 aromatic heterocycles. The minimum absolute atomic E-state index is 0.559. The largest absolute Gasteiger partial charge is 0.494 e. The Hall–Kier alpha value is -4.24. The number of nitrogens with one attached hydrogen (secondary N) is 1. The van der Waals surface area contributed by atoms with Crippen molar-refractivity contribution < 1.29 is 9.47 Å². The SMILES string of the molecule is CCOc1ccc(Oc2c(C=NNc3ncnc4sc(C)c(C)c34)c(C)nn2-c2ccccc2)cc1. The zero-order valence-corrected chi connectivity index (χ0v) is 21.3. The second-order valence-electron chi connectivity index (χ2n) is 8.11. The number of thiophene rings is 1. The van der Waals surface area contributed by atoms with E-state index in [1.54, 1.807) is 28.6 Å². The summed E-state index contributed by atoms with van der Waals surface area (Å²) in [5.41, 5.74) is 6.67. The van der Waals surface area contributed by atoms with E-state index in [9.17, 15) is 0 Å². The normalized spacial score (nSPS) is 11.3. The first kappa shape index (κ1) is 23.5. The standard InChI is InChI=1S/C27H26N6O2S/c1-5-34-21-11-13-22(14-12-21)35-27-23(18(3)32-33(27)20-9-7-6-8-10-20)15-30-31-25-24-17(2)19(4)36-26(24)29-16-28-25/h6-16H,5H2,1-4H3,(H,28,29,31). The third-order valence-electron chi connectivity index (χ3n) is 5.74. The van der Waals surface area contributed by atoms with Gasteiger partial charge in [-0.15, -0.1) is 11.3 Å². The van der Waals surface area contributed by atoms with Crippen LogP contribution in [0.3, 0.4) is 0 Å². The van der Waals surface area contributed by atoms with Crippen molar-refractivity contribution in [1.82, 2.24) is 19.7 Å². The van der Waals surface area contributed by atoms with Crippen molar-refractivity contribution in [3.63, 3.8) is 0 Å². The third kappa shape index (κ3) is 4.65. The summed E-state index contributed by atoms with van der Waals surface area (Å²) in [4.78, 5) is 10.9. The first-order valence-electron chi connectivity index (χ1n) is 11.6. The summed E-state index contributed by atoms with van der Waals surface area (Å²) < 4.78 is 13.7. The average molecular weight is 499 g/mol. The predicted molar refractivity (Wildman–Crippen MR) is 144 cm³/mol. The monoisotopic (exact) mass is 498 g/mol. The summed E-state index contributed by atoms with van der Waals surface area (Å²) in [5.74, 6) is 2.68. The number of rotatable bonds is 8. The fourth-order valence-corrected chi connectivity index (χ4v) is 4.81. The molecule has 182 valence electrons. The van der Waals surface area contributed by atoms with Gasteiger partial charge in [-0.05, 0) is 69.7 Å². The number of hydrazone groups is 1. The van der Waals surface area contributed by atoms with Gasteiger partial charge in [0.05, 0.1) is 35.2 Å². The van der Waals surface area contributed by atoms with Gasteiger partial charge in [-0.2, -0.15) is 14.9 Å². The first-order valence-corrected chi connectivity index (χ1v) is 12.4. The van der Waals surface area contributed by atoms with E-state index in [4.69, 9.17) is 14.6 Å². The molecule has 36 heavy (non-hydrogen) atoms. The van der Waals surface area contributed by atoms with Crippen LogP contribution in [0, 0.1) is 20.8 Å². The lowest BCUT2D eigenvalue weighted by atomic mass is 10.2. The molecule has 0 spiro atoms. The third-order valence-corrected chi connectivity index (χ3v) is 6.86. The maximum atomic E-state index is 6.35. The van der Waals surface area contributed by atoms with Gasteiger partial charge in [-0.3, -0.25) is 5.43 Å². The molecule has 5 rings (SSSR count). The molecule has 8 nitrogen and oxygen atoms in total. The van der Waals surface area contributed by atoms with Gasteiger partial charge < -0.3 is 9.47 Å². The van der Waals surface area contributed by atoms with Gasteiger partial charge >= 0.3 is 0 Å². The Balaban J connectivity index is 1.50. The van der Waals surface area contributed by atoms with Gasteiger partial charge in [0.2, 0.25) is 5.88 Å². The summed E-state index contributed by atoms with van der Waals surface area (Å²) in [5, 5.41) is 10.2. The van der Waals surface area contributed by atoms with E-state index in [-0.39, 0.29) is 0 Å². The Morgan fingerprint density at radius 1 is 1.00 bits per heavy atom. The summed E-state index contributed by atoms with van der Waals surface area (Å²) in [7, 11) is 0. The van der Waals surface area contributed by atoms with Crippen molar-refractivity contribution in [2.45, 2.75) is 27.7 Å². The molecule has 0 amide bonds. The maximum absolute atomic E-state index is 6.35. The number of fused-ring (bicyclic) bond motifs is 1. The summed E-state index contributed by atoms with van der Waals surface area (Å²) in [6, 6.07) is 17.4. The number of para-hydroxylation sites is 1. The van der Waals surface area contributed by atoms with Gasteiger partial charge in [0.25, 0.3) is 0 Å². The zero-order chi connectivity index (χ0) is 25.1. The summed E-state index contributed by atoms with van der Waals surface area (Å²) >= 11 is 1.65. The van der Waals surface area contributed by atoms with Gasteiger partial charge in [0, 0.05) is 4.88 Å². The highest BCUT2D eigenvalue weighted by molar-refractivity contribution is 7.18. The van der Waals surface area contributed by atoms with Crippen molar-refractivity contribution in [2.24, 2.45) is 5.10 Å². The molecule has 0 radical (unpaired) electrons. The van der Waals surface area contributed by atoms with Crippen molar-refractivity contribution >= 4 is 33.6 Å². The molecule has 0 fully saturated rings. The van der Waals surface area contributed by atoms with E-state index < -0.39 is 0 Å². The lowest BCUT2D eigenvalue weighted by Gasteiger charge is -2.11. The molecule has 0 bridgehead atoms. The van der Waals surface area contributed by atoms with Gasteiger partial charge in [0.1, 0.15) is 22.7 Å². The van der Waals surface area contributed by atoms with Crippen LogP contribution in [0.1, 0.15) is 28.6 Å². The highest BCUT2D eigenvalue weighted by Gasteiger charge is 2.18. The molecule has 0 saturated carbocycles. The van der Waals surface area contributed by atoms with Crippen molar-refractivity contribution in [1.29, 1.82) is 0 Å². The number of nitrogens with zero attached hydrogens (tertiary/aromatic N) is 5. The van der Waals surface area contributed by atoms with Gasteiger partial charge in [-0.1, -0.05) is 18.2 Å². The number of ether oxygens (including phenoxy) is 2. The smallest absolute Gasteiger partial charge is 0.231 e. The molecule has 9 heteroatoms. The lowest BCUT2D eigenvalue weighted by Crippen LogP contribution is -2.01. The van der Waals surface area contributed by atoms with E-state index in [1.807, 2.05) is 68.4 Å². The molecule has 0 unspecified atom stereocenters. The fourth-order valence-electron chi connectivity index (χ4n) is 3.82. The van der Waals surface area contributed by atoms with Crippen molar-refractivity contribution in [2.75, 3.05) is 12.0 Å². The van der Waals surface area contributed by atoms with Crippen molar-refractivity contribution in [3.8, 4) is 23.1 Å². The highest BCUT2D eigenvalue weighted by Crippen LogP contribution is 2.33. The summed E-state index contributed by atoms with van der Waals surface area (Å²) in [6.07, 6.45) is 3.27. The lowest BCUT2D eigenvalue weighted by molar-refractivity contribution is 0.339. The Labute approximate surface area is 213 Å². The number of hydrogen-bond acceptors (Lipinski definition) is 8. The zero-order valence-electron chi connectivity index (χ0n) is 20.5. The summed E-state index contributed by atoms with van der Waals surface area (Å²) in [6.45, 7) is 8.65. The fraction of sp³-hybridized carbons (Fsp3) is 0.185. The molecule has 5 aromatic rings. The molecular weight excluding hydrogens is 472 g/mol. The van der Waals surface area contributed by atoms with Gasteiger partial charge in [0.15, 0.2) is 5.82 Å². The van der Waals surface area contributed by atoms with Crippen LogP contribution >= 0.6 is 11.3 Å². The predicted octanol–water partition coefficient (Wildman–Crippen LogP) is 6.44. The molecule has 2 aromatic carbocycles. The molecule has 3 heterocycles. The van der Waals surface area contributed by atoms with Crippen LogP contribution < -0.4 is 14.9 Å². The Bertz CT molecular complexity index is 1520. The topological polar surface area (TPSA) is 86.4 Å². The molecular formula is C27H26N6O2S. The molecule has 1 N–H and O–H groups in total. The Morgan fingerprint density at radius 3 is 2.50 bits per heavy atom. The van der Waals surface area contributed by atoms with Crippen LogP contribution in [0.25, 0.3) is 15.9 Å². The number of hydrogen-bond donors (Lipinski definition) is 1. The van der Waals surface area contributed by atoms with Crippen LogP contribution in [-0.2, 0) is 0 Å². The number of benzene rings is 2. The van der Waals surface area contributed by atoms with Crippen LogP contribution in [0.2, 0.25) is 0 Å². The van der Waals surface area contributed by atoms with E-state index in [1.165, 1.54) is 4.88 Å². The molecule has 0 aliphatic carbocycles. The molecule has 0 atom stereocenters. The average Bonchev–Trinajstić information content (AvgIpc) is 3.36. The minimum Gasteiger partial charge on any atom is -0.494 e. The Kier molecular flexibility index (Phi) is 6.64. The second kappa shape index (κ2) is 10.2. The molecule has 0 aliphatic heterocycles. The Morgan fingerprint density at radius 2 is 1.75 bits per heavy atom. The molecule has 0 aliphatic rings. The van der Waals surface area contributed by atoms with Crippen LogP contribution in [-0.4, -0.2) is 32.6 Å². The maximum Gasteiger partial charge on any atom is 0.231 e. The van der Waals surface area contributed by atoms with E-state index in [2.05, 4.69) is 34.3 Å². The first-order chi connectivity index (χ1) is 17.5. The van der Waals surface area contributed by atoms with Crippen molar-refractivity contribution in [3.05, 3.63) is 82.6 Å². The van der Waals surface area contributed by atoms with Crippen LogP contribution in [0.15, 0.2) is 66.0 Å². The minimum atomic E-state index is 0.559. The number of aryl methyl sites for hydroxylation is 3. The highest BCUT2D eigenvalue weighted by atomic mass is 32.1. The quantitative estimate of drug-likeness (QED) is 0.196.